The summed E-state index contributed by atoms with van der Waals surface area (Å²) in [6.07, 6.45) is 0. The molecule has 4 aromatic rings. The second-order valence-corrected chi connectivity index (χ2v) is 8.72. The Morgan fingerprint density at radius 1 is 0.909 bits per heavy atom. The number of benzene rings is 3. The van der Waals surface area contributed by atoms with E-state index in [2.05, 4.69) is 4.57 Å². The van der Waals surface area contributed by atoms with Crippen LogP contribution in [0, 0.1) is 0 Å². The number of fused-ring (bicyclic) bond motifs is 5. The van der Waals surface area contributed by atoms with E-state index in [-0.39, 0.29) is 11.8 Å². The van der Waals surface area contributed by atoms with E-state index < -0.39 is 0 Å². The van der Waals surface area contributed by atoms with Gasteiger partial charge in [-0.15, -0.1) is 0 Å². The molecule has 5 rings (SSSR count). The lowest BCUT2D eigenvalue weighted by atomic mass is 9.92. The third-order valence-electron chi connectivity index (χ3n) is 6.33. The number of hydrogen-bond acceptors (Lipinski definition) is 5. The average Bonchev–Trinajstić information content (AvgIpc) is 3.20. The molecule has 168 valence electrons. The molecule has 2 heterocycles. The van der Waals surface area contributed by atoms with Gasteiger partial charge in [0.2, 0.25) is 0 Å². The maximum atomic E-state index is 13.3. The van der Waals surface area contributed by atoms with Crippen LogP contribution in [0.5, 0.6) is 5.75 Å². The average molecular weight is 443 g/mol. The maximum absolute atomic E-state index is 13.3. The van der Waals surface area contributed by atoms with Crippen molar-refractivity contribution < 1.29 is 14.3 Å². The first-order valence-electron chi connectivity index (χ1n) is 10.8. The Bertz CT molecular complexity index is 1450. The Hall–Kier alpha value is -3.84. The van der Waals surface area contributed by atoms with E-state index >= 15 is 0 Å². The quantitative estimate of drug-likeness (QED) is 0.376. The Morgan fingerprint density at radius 2 is 1.64 bits per heavy atom. The minimum atomic E-state index is -0.318. The van der Waals surface area contributed by atoms with Gasteiger partial charge in [0.05, 0.1) is 16.6 Å². The molecule has 2 N–H and O–H groups in total. The second-order valence-electron chi connectivity index (χ2n) is 8.72. The van der Waals surface area contributed by atoms with Gasteiger partial charge < -0.3 is 19.9 Å². The summed E-state index contributed by atoms with van der Waals surface area (Å²) in [6.45, 7) is 1.22. The molecule has 0 aliphatic carbocycles. The number of amides is 2. The maximum Gasteiger partial charge on any atom is 0.262 e. The van der Waals surface area contributed by atoms with Gasteiger partial charge in [0.1, 0.15) is 12.4 Å². The number of carbonyl (C=O) groups excluding carboxylic acids is 2. The lowest BCUT2D eigenvalue weighted by Gasteiger charge is -2.17. The number of likely N-dealkylation sites (N-methyl/N-ethyl adjacent to an activating group) is 1. The van der Waals surface area contributed by atoms with Gasteiger partial charge in [0, 0.05) is 53.7 Å². The fraction of sp³-hybridized carbons (Fsp3) is 0.231. The molecular formula is C26H26N4O3. The fourth-order valence-electron chi connectivity index (χ4n) is 4.61. The van der Waals surface area contributed by atoms with Gasteiger partial charge in [0.25, 0.3) is 11.8 Å². The number of nitrogen functional groups attached to an aromatic ring is 1. The minimum Gasteiger partial charge on any atom is -0.492 e. The predicted octanol–water partition coefficient (Wildman–Crippen LogP) is 3.75. The van der Waals surface area contributed by atoms with E-state index in [1.165, 1.54) is 11.9 Å². The Kier molecular flexibility index (Phi) is 4.87. The topological polar surface area (TPSA) is 80.8 Å². The Labute approximate surface area is 191 Å². The molecule has 0 saturated carbocycles. The van der Waals surface area contributed by atoms with Crippen molar-refractivity contribution in [2.45, 2.75) is 0 Å². The van der Waals surface area contributed by atoms with Crippen LogP contribution < -0.4 is 10.5 Å². The summed E-state index contributed by atoms with van der Waals surface area (Å²) >= 11 is 0. The van der Waals surface area contributed by atoms with Crippen LogP contribution in [0.2, 0.25) is 0 Å². The number of hydrogen-bond donors (Lipinski definition) is 1. The fourth-order valence-corrected chi connectivity index (χ4v) is 4.61. The number of anilines is 1. The highest BCUT2D eigenvalue weighted by Crippen LogP contribution is 2.44. The molecule has 33 heavy (non-hydrogen) atoms. The van der Waals surface area contributed by atoms with Crippen molar-refractivity contribution in [3.05, 3.63) is 59.7 Å². The number of carbonyl (C=O) groups is 2. The van der Waals surface area contributed by atoms with E-state index in [0.717, 1.165) is 28.4 Å². The molecule has 1 aliphatic heterocycles. The predicted molar refractivity (Wildman–Crippen MR) is 131 cm³/mol. The lowest BCUT2D eigenvalue weighted by Crippen LogP contribution is -2.24. The number of ether oxygens (including phenoxy) is 1. The van der Waals surface area contributed by atoms with Crippen molar-refractivity contribution >= 4 is 39.3 Å². The number of aryl methyl sites for hydroxylation is 1. The monoisotopic (exact) mass is 442 g/mol. The molecule has 2 amide bonds. The summed E-state index contributed by atoms with van der Waals surface area (Å²) in [6, 6.07) is 15.3. The zero-order valence-corrected chi connectivity index (χ0v) is 19.2. The molecule has 0 fully saturated rings. The smallest absolute Gasteiger partial charge is 0.262 e. The Balaban J connectivity index is 1.84. The molecule has 0 spiro atoms. The lowest BCUT2D eigenvalue weighted by molar-refractivity contribution is 0.0694. The minimum absolute atomic E-state index is 0.294. The summed E-state index contributed by atoms with van der Waals surface area (Å²) in [5, 5.41) is 1.75. The molecular weight excluding hydrogens is 416 g/mol. The molecule has 7 heteroatoms. The van der Waals surface area contributed by atoms with Crippen LogP contribution in [-0.4, -0.2) is 60.5 Å². The number of rotatable bonds is 5. The SMILES string of the molecule is CN(C)CCOc1ccc(N)cc1-c1cc2c(c3c1C(=O)N(C)C3=O)c1ccccc1n2C. The summed E-state index contributed by atoms with van der Waals surface area (Å²) in [5.41, 5.74) is 10.8. The highest BCUT2D eigenvalue weighted by atomic mass is 16.5. The highest BCUT2D eigenvalue weighted by Gasteiger charge is 2.39. The van der Waals surface area contributed by atoms with Crippen LogP contribution in [0.1, 0.15) is 20.7 Å². The molecule has 0 saturated heterocycles. The van der Waals surface area contributed by atoms with Crippen LogP contribution in [0.4, 0.5) is 5.69 Å². The largest absolute Gasteiger partial charge is 0.492 e. The van der Waals surface area contributed by atoms with E-state index in [1.54, 1.807) is 6.07 Å². The van der Waals surface area contributed by atoms with Crippen molar-refractivity contribution in [3.63, 3.8) is 0 Å². The van der Waals surface area contributed by atoms with Crippen LogP contribution in [0.3, 0.4) is 0 Å². The third kappa shape index (κ3) is 3.15. The van der Waals surface area contributed by atoms with Crippen LogP contribution in [-0.2, 0) is 7.05 Å². The van der Waals surface area contributed by atoms with Crippen molar-refractivity contribution in [1.29, 1.82) is 0 Å². The molecule has 0 atom stereocenters. The summed E-state index contributed by atoms with van der Waals surface area (Å²) in [4.78, 5) is 29.8. The van der Waals surface area contributed by atoms with Crippen LogP contribution in [0.15, 0.2) is 48.5 Å². The zero-order chi connectivity index (χ0) is 23.4. The second kappa shape index (κ2) is 7.64. The Morgan fingerprint density at radius 3 is 2.39 bits per heavy atom. The van der Waals surface area contributed by atoms with Crippen molar-refractivity contribution in [3.8, 4) is 16.9 Å². The normalized spacial score (nSPS) is 13.5. The molecule has 1 aliphatic rings. The number of nitrogens with two attached hydrogens (primary N) is 1. The van der Waals surface area contributed by atoms with Crippen molar-refractivity contribution in [2.75, 3.05) is 40.0 Å². The summed E-state index contributed by atoms with van der Waals surface area (Å²) in [5.74, 6) is 0.0137. The summed E-state index contributed by atoms with van der Waals surface area (Å²) < 4.78 is 8.15. The van der Waals surface area contributed by atoms with Gasteiger partial charge in [-0.1, -0.05) is 18.2 Å². The standard InChI is InChI=1S/C26H26N4O3/c1-28(2)11-12-33-21-10-9-15(27)13-17(21)18-14-20-22(16-7-5-6-8-19(16)29(20)3)24-23(18)25(31)30(4)26(24)32/h5-10,13-14H,11-12,27H2,1-4H3. The number of para-hydroxylation sites is 1. The molecule has 0 bridgehead atoms. The number of nitrogens with zero attached hydrogens (tertiary/aromatic N) is 3. The van der Waals surface area contributed by atoms with Gasteiger partial charge in [-0.2, -0.15) is 0 Å². The number of aromatic nitrogens is 1. The molecule has 1 aromatic heterocycles. The molecule has 0 unspecified atom stereocenters. The summed E-state index contributed by atoms with van der Waals surface area (Å²) in [7, 11) is 7.46. The first kappa shape index (κ1) is 21.0. The van der Waals surface area contributed by atoms with Gasteiger partial charge in [-0.3, -0.25) is 14.5 Å². The van der Waals surface area contributed by atoms with Gasteiger partial charge in [-0.25, -0.2) is 0 Å². The van der Waals surface area contributed by atoms with Crippen LogP contribution in [0.25, 0.3) is 32.9 Å². The van der Waals surface area contributed by atoms with Crippen molar-refractivity contribution in [1.82, 2.24) is 14.4 Å². The van der Waals surface area contributed by atoms with E-state index in [0.29, 0.717) is 40.3 Å². The third-order valence-corrected chi connectivity index (χ3v) is 6.33. The molecule has 0 radical (unpaired) electrons. The zero-order valence-electron chi connectivity index (χ0n) is 19.2. The van der Waals surface area contributed by atoms with E-state index in [1.807, 2.05) is 68.5 Å². The van der Waals surface area contributed by atoms with Crippen LogP contribution >= 0.6 is 0 Å². The van der Waals surface area contributed by atoms with E-state index in [9.17, 15) is 9.59 Å². The van der Waals surface area contributed by atoms with Gasteiger partial charge in [0.15, 0.2) is 0 Å². The first-order chi connectivity index (χ1) is 15.8. The van der Waals surface area contributed by atoms with Gasteiger partial charge >= 0.3 is 0 Å². The highest BCUT2D eigenvalue weighted by molar-refractivity contribution is 6.32. The van der Waals surface area contributed by atoms with Gasteiger partial charge in [-0.05, 0) is 44.4 Å². The van der Waals surface area contributed by atoms with Crippen molar-refractivity contribution in [2.24, 2.45) is 7.05 Å². The molecule has 3 aromatic carbocycles. The number of imide groups is 1. The van der Waals surface area contributed by atoms with E-state index in [4.69, 9.17) is 10.5 Å². The first-order valence-corrected chi connectivity index (χ1v) is 10.8. The molecule has 7 nitrogen and oxygen atoms in total.